The molecule has 0 fully saturated rings. The zero-order chi connectivity index (χ0) is 19.4. The fraction of sp³-hybridized carbons (Fsp3) is 0.167. The molecule has 0 radical (unpaired) electrons. The number of H-pyrrole nitrogens is 1. The van der Waals surface area contributed by atoms with Crippen LogP contribution in [0.1, 0.15) is 5.56 Å². The molecule has 0 saturated carbocycles. The molecule has 9 heteroatoms. The molecule has 7 nitrogen and oxygen atoms in total. The first-order valence-corrected chi connectivity index (χ1v) is 9.05. The second kappa shape index (κ2) is 8.36. The van der Waals surface area contributed by atoms with Crippen molar-refractivity contribution in [3.63, 3.8) is 0 Å². The number of aromatic nitrogens is 3. The predicted octanol–water partition coefficient (Wildman–Crippen LogP) is 4.28. The quantitative estimate of drug-likeness (QED) is 0.449. The van der Waals surface area contributed by atoms with Crippen molar-refractivity contribution in [2.24, 2.45) is 5.10 Å². The SMILES string of the molecule is COc1ccc(Br)cc1/C=N/n1c(-c2ccc(OC)c(OC)c2)n[nH]c1=S. The van der Waals surface area contributed by atoms with Crippen LogP contribution in [0, 0.1) is 4.77 Å². The molecule has 140 valence electrons. The van der Waals surface area contributed by atoms with E-state index >= 15 is 0 Å². The minimum absolute atomic E-state index is 0.366. The van der Waals surface area contributed by atoms with Crippen LogP contribution in [0.4, 0.5) is 0 Å². The number of halogens is 1. The van der Waals surface area contributed by atoms with Crippen LogP contribution in [-0.4, -0.2) is 42.4 Å². The third kappa shape index (κ3) is 4.04. The molecule has 1 N–H and O–H groups in total. The topological polar surface area (TPSA) is 73.7 Å². The first kappa shape index (κ1) is 19.1. The minimum atomic E-state index is 0.366. The van der Waals surface area contributed by atoms with E-state index in [0.717, 1.165) is 15.6 Å². The number of hydrogen-bond donors (Lipinski definition) is 1. The summed E-state index contributed by atoms with van der Waals surface area (Å²) < 4.78 is 18.8. The van der Waals surface area contributed by atoms with Crippen LogP contribution in [0.25, 0.3) is 11.4 Å². The van der Waals surface area contributed by atoms with Crippen molar-refractivity contribution >= 4 is 34.4 Å². The smallest absolute Gasteiger partial charge is 0.216 e. The van der Waals surface area contributed by atoms with Crippen molar-refractivity contribution in [2.75, 3.05) is 21.3 Å². The Labute approximate surface area is 169 Å². The zero-order valence-corrected chi connectivity index (χ0v) is 17.3. The molecule has 0 saturated heterocycles. The summed E-state index contributed by atoms with van der Waals surface area (Å²) in [6, 6.07) is 11.1. The van der Waals surface area contributed by atoms with Gasteiger partial charge in [-0.2, -0.15) is 14.9 Å². The van der Waals surface area contributed by atoms with Crippen LogP contribution in [0.15, 0.2) is 46.0 Å². The summed E-state index contributed by atoms with van der Waals surface area (Å²) in [6.45, 7) is 0. The maximum Gasteiger partial charge on any atom is 0.216 e. The summed E-state index contributed by atoms with van der Waals surface area (Å²) >= 11 is 8.77. The lowest BCUT2D eigenvalue weighted by atomic mass is 10.2. The predicted molar refractivity (Wildman–Crippen MR) is 110 cm³/mol. The molecule has 3 rings (SSSR count). The average Bonchev–Trinajstić information content (AvgIpc) is 3.06. The van der Waals surface area contributed by atoms with Gasteiger partial charge in [0.15, 0.2) is 17.3 Å². The second-order valence-corrected chi connectivity index (χ2v) is 6.67. The number of nitrogens with one attached hydrogen (secondary N) is 1. The van der Waals surface area contributed by atoms with Gasteiger partial charge in [-0.05, 0) is 48.6 Å². The Hall–Kier alpha value is -2.65. The van der Waals surface area contributed by atoms with E-state index in [0.29, 0.717) is 27.8 Å². The number of methoxy groups -OCH3 is 3. The van der Waals surface area contributed by atoms with Crippen LogP contribution >= 0.6 is 28.1 Å². The minimum Gasteiger partial charge on any atom is -0.496 e. The van der Waals surface area contributed by atoms with Gasteiger partial charge in [0, 0.05) is 15.6 Å². The lowest BCUT2D eigenvalue weighted by Crippen LogP contribution is -1.98. The molecule has 3 aromatic rings. The van der Waals surface area contributed by atoms with Crippen molar-refractivity contribution in [1.29, 1.82) is 0 Å². The van der Waals surface area contributed by atoms with Crippen molar-refractivity contribution in [2.45, 2.75) is 0 Å². The van der Waals surface area contributed by atoms with E-state index in [-0.39, 0.29) is 0 Å². The molecule has 0 spiro atoms. The van der Waals surface area contributed by atoms with E-state index in [2.05, 4.69) is 31.2 Å². The zero-order valence-electron chi connectivity index (χ0n) is 14.9. The van der Waals surface area contributed by atoms with Crippen molar-refractivity contribution in [3.05, 3.63) is 51.2 Å². The highest BCUT2D eigenvalue weighted by molar-refractivity contribution is 9.10. The van der Waals surface area contributed by atoms with Crippen molar-refractivity contribution in [1.82, 2.24) is 14.9 Å². The summed E-state index contributed by atoms with van der Waals surface area (Å²) in [5.41, 5.74) is 1.58. The second-order valence-electron chi connectivity index (χ2n) is 5.36. The van der Waals surface area contributed by atoms with E-state index in [1.165, 1.54) is 4.68 Å². The van der Waals surface area contributed by atoms with E-state index in [1.54, 1.807) is 33.6 Å². The molecule has 1 heterocycles. The molecule has 27 heavy (non-hydrogen) atoms. The first-order chi connectivity index (χ1) is 13.1. The highest BCUT2D eigenvalue weighted by atomic mass is 79.9. The van der Waals surface area contributed by atoms with Gasteiger partial charge in [-0.15, -0.1) is 0 Å². The van der Waals surface area contributed by atoms with Gasteiger partial charge in [0.25, 0.3) is 0 Å². The fourth-order valence-corrected chi connectivity index (χ4v) is 3.05. The third-order valence-electron chi connectivity index (χ3n) is 3.80. The Balaban J connectivity index is 2.04. The van der Waals surface area contributed by atoms with Crippen LogP contribution in [-0.2, 0) is 0 Å². The van der Waals surface area contributed by atoms with Crippen molar-refractivity contribution < 1.29 is 14.2 Å². The Kier molecular flexibility index (Phi) is 5.92. The Bertz CT molecular complexity index is 1050. The molecule has 1 aromatic heterocycles. The third-order valence-corrected chi connectivity index (χ3v) is 4.55. The maximum absolute atomic E-state index is 5.37. The first-order valence-electron chi connectivity index (χ1n) is 7.85. The summed E-state index contributed by atoms with van der Waals surface area (Å²) in [5, 5.41) is 11.5. The van der Waals surface area contributed by atoms with Crippen LogP contribution in [0.2, 0.25) is 0 Å². The molecular weight excluding hydrogens is 432 g/mol. The summed E-state index contributed by atoms with van der Waals surface area (Å²) in [5.74, 6) is 2.47. The number of rotatable bonds is 6. The largest absolute Gasteiger partial charge is 0.496 e. The van der Waals surface area contributed by atoms with Gasteiger partial charge in [0.2, 0.25) is 4.77 Å². The number of hydrogen-bond acceptors (Lipinski definition) is 6. The molecule has 0 unspecified atom stereocenters. The maximum atomic E-state index is 5.37. The molecule has 0 aliphatic rings. The molecular formula is C18H17BrN4O3S. The van der Waals surface area contributed by atoms with Crippen molar-refractivity contribution in [3.8, 4) is 28.6 Å². The molecule has 0 bridgehead atoms. The highest BCUT2D eigenvalue weighted by Gasteiger charge is 2.12. The Morgan fingerprint density at radius 3 is 2.44 bits per heavy atom. The van der Waals surface area contributed by atoms with Gasteiger partial charge in [-0.25, -0.2) is 5.10 Å². The molecule has 0 amide bonds. The molecule has 0 atom stereocenters. The van der Waals surface area contributed by atoms with E-state index in [4.69, 9.17) is 26.4 Å². The van der Waals surface area contributed by atoms with Crippen LogP contribution in [0.5, 0.6) is 17.2 Å². The normalized spacial score (nSPS) is 11.0. The Morgan fingerprint density at radius 1 is 1.04 bits per heavy atom. The molecule has 2 aromatic carbocycles. The highest BCUT2D eigenvalue weighted by Crippen LogP contribution is 2.31. The monoisotopic (exact) mass is 448 g/mol. The lowest BCUT2D eigenvalue weighted by Gasteiger charge is -2.09. The summed E-state index contributed by atoms with van der Waals surface area (Å²) in [4.78, 5) is 0. The fourth-order valence-electron chi connectivity index (χ4n) is 2.49. The summed E-state index contributed by atoms with van der Waals surface area (Å²) in [6.07, 6.45) is 1.67. The standard InChI is InChI=1S/C18H17BrN4O3S/c1-24-14-7-5-13(19)8-12(14)10-20-23-17(21-22-18(23)27)11-4-6-15(25-2)16(9-11)26-3/h4-10H,1-3H3,(H,22,27)/b20-10+. The molecule has 0 aliphatic carbocycles. The van der Waals surface area contributed by atoms with E-state index in [9.17, 15) is 0 Å². The number of benzene rings is 2. The van der Waals surface area contributed by atoms with Gasteiger partial charge >= 0.3 is 0 Å². The average molecular weight is 449 g/mol. The van der Waals surface area contributed by atoms with Gasteiger partial charge in [0.05, 0.1) is 27.5 Å². The van der Waals surface area contributed by atoms with Gasteiger partial charge in [0.1, 0.15) is 5.75 Å². The van der Waals surface area contributed by atoms with E-state index in [1.807, 2.05) is 30.3 Å². The van der Waals surface area contributed by atoms with E-state index < -0.39 is 0 Å². The number of nitrogens with zero attached hydrogens (tertiary/aromatic N) is 3. The Morgan fingerprint density at radius 2 is 1.74 bits per heavy atom. The van der Waals surface area contributed by atoms with Gasteiger partial charge < -0.3 is 14.2 Å². The van der Waals surface area contributed by atoms with Gasteiger partial charge in [-0.3, -0.25) is 0 Å². The van der Waals surface area contributed by atoms with Gasteiger partial charge in [-0.1, -0.05) is 15.9 Å². The molecule has 0 aliphatic heterocycles. The van der Waals surface area contributed by atoms with Crippen LogP contribution < -0.4 is 14.2 Å². The number of aromatic amines is 1. The number of ether oxygens (including phenoxy) is 3. The lowest BCUT2D eigenvalue weighted by molar-refractivity contribution is 0.355. The summed E-state index contributed by atoms with van der Waals surface area (Å²) in [7, 11) is 4.78. The van der Waals surface area contributed by atoms with Crippen LogP contribution in [0.3, 0.4) is 0 Å².